The maximum absolute atomic E-state index is 11.9. The molecule has 1 aliphatic heterocycles. The van der Waals surface area contributed by atoms with Crippen LogP contribution in [0.1, 0.15) is 25.5 Å². The van der Waals surface area contributed by atoms with Gasteiger partial charge in [-0.05, 0) is 42.7 Å². The largest absolute Gasteiger partial charge is 0.455 e. The maximum atomic E-state index is 11.9. The number of nitrogens with one attached hydrogen (secondary N) is 2. The van der Waals surface area contributed by atoms with Gasteiger partial charge in [0.15, 0.2) is 5.76 Å². The highest BCUT2D eigenvalue weighted by atomic mass is 16.5. The minimum absolute atomic E-state index is 0.106. The lowest BCUT2D eigenvalue weighted by molar-refractivity contribution is 0.111. The van der Waals surface area contributed by atoms with Crippen molar-refractivity contribution in [2.45, 2.75) is 25.9 Å². The van der Waals surface area contributed by atoms with Crippen LogP contribution in [0.3, 0.4) is 0 Å². The highest BCUT2D eigenvalue weighted by Gasteiger charge is 2.16. The molecule has 134 valence electrons. The fourth-order valence-corrected chi connectivity index (χ4v) is 3.21. The number of furan rings is 1. The zero-order chi connectivity index (χ0) is 17.9. The van der Waals surface area contributed by atoms with E-state index in [-0.39, 0.29) is 12.1 Å². The van der Waals surface area contributed by atoms with Gasteiger partial charge in [0.2, 0.25) is 0 Å². The first-order valence-corrected chi connectivity index (χ1v) is 8.82. The fourth-order valence-electron chi connectivity index (χ4n) is 3.21. The van der Waals surface area contributed by atoms with Crippen LogP contribution < -0.4 is 10.7 Å². The lowest BCUT2D eigenvalue weighted by Crippen LogP contribution is -2.37. The Hall–Kier alpha value is -2.86. The molecule has 1 saturated heterocycles. The number of hydrogen-bond acceptors (Lipinski definition) is 4. The second kappa shape index (κ2) is 7.17. The van der Waals surface area contributed by atoms with Crippen LogP contribution in [-0.2, 0) is 4.74 Å². The minimum Gasteiger partial charge on any atom is -0.455 e. The quantitative estimate of drug-likeness (QED) is 0.555. The molecule has 4 rings (SSSR count). The Balaban J connectivity index is 1.46. The van der Waals surface area contributed by atoms with E-state index in [0.717, 1.165) is 41.2 Å². The smallest absolute Gasteiger partial charge is 0.335 e. The summed E-state index contributed by atoms with van der Waals surface area (Å²) in [5.74, 6) is 0.635. The lowest BCUT2D eigenvalue weighted by Gasteiger charge is -2.10. The van der Waals surface area contributed by atoms with E-state index in [9.17, 15) is 4.79 Å². The minimum atomic E-state index is -0.346. The Morgan fingerprint density at radius 3 is 2.96 bits per heavy atom. The van der Waals surface area contributed by atoms with Gasteiger partial charge in [0.05, 0.1) is 6.10 Å². The molecule has 1 aromatic heterocycles. The fraction of sp³-hybridized carbons (Fsp3) is 0.300. The van der Waals surface area contributed by atoms with E-state index in [1.54, 1.807) is 6.92 Å². The molecule has 2 amide bonds. The predicted molar refractivity (Wildman–Crippen MR) is 101 cm³/mol. The average Bonchev–Trinajstić information content (AvgIpc) is 3.33. The lowest BCUT2D eigenvalue weighted by atomic mass is 10.1. The molecule has 1 atom stereocenters. The first-order chi connectivity index (χ1) is 12.7. The molecule has 3 aromatic rings. The monoisotopic (exact) mass is 351 g/mol. The molecule has 0 saturated carbocycles. The van der Waals surface area contributed by atoms with Crippen molar-refractivity contribution in [1.82, 2.24) is 10.7 Å². The van der Waals surface area contributed by atoms with Crippen molar-refractivity contribution in [3.63, 3.8) is 0 Å². The topological polar surface area (TPSA) is 75.9 Å². The molecule has 26 heavy (non-hydrogen) atoms. The van der Waals surface area contributed by atoms with Gasteiger partial charge in [-0.1, -0.05) is 30.3 Å². The number of urea groups is 1. The van der Waals surface area contributed by atoms with Crippen LogP contribution in [0.2, 0.25) is 0 Å². The van der Waals surface area contributed by atoms with E-state index in [2.05, 4.69) is 28.0 Å². The normalized spacial score (nSPS) is 17.7. The van der Waals surface area contributed by atoms with Crippen LogP contribution in [0.4, 0.5) is 4.79 Å². The molecule has 1 aliphatic rings. The number of ether oxygens (including phenoxy) is 1. The molecule has 2 N–H and O–H groups in total. The van der Waals surface area contributed by atoms with Crippen LogP contribution in [0.15, 0.2) is 52.0 Å². The Kier molecular flexibility index (Phi) is 4.58. The van der Waals surface area contributed by atoms with E-state index >= 15 is 0 Å². The van der Waals surface area contributed by atoms with Gasteiger partial charge < -0.3 is 14.5 Å². The highest BCUT2D eigenvalue weighted by molar-refractivity contribution is 6.09. The summed E-state index contributed by atoms with van der Waals surface area (Å²) >= 11 is 0. The van der Waals surface area contributed by atoms with Crippen LogP contribution in [-0.4, -0.2) is 31.0 Å². The molecule has 6 heteroatoms. The number of amides is 2. The molecule has 2 aromatic carbocycles. The Morgan fingerprint density at radius 2 is 2.12 bits per heavy atom. The molecular formula is C20H21N3O3. The first-order valence-electron chi connectivity index (χ1n) is 8.82. The zero-order valence-electron chi connectivity index (χ0n) is 14.6. The van der Waals surface area contributed by atoms with Crippen LogP contribution in [0.25, 0.3) is 21.7 Å². The number of hydrazone groups is 1. The number of rotatable bonds is 4. The molecule has 0 aliphatic carbocycles. The first kappa shape index (κ1) is 16.6. The van der Waals surface area contributed by atoms with E-state index in [1.807, 2.05) is 30.3 Å². The van der Waals surface area contributed by atoms with Crippen LogP contribution in [0, 0.1) is 0 Å². The maximum Gasteiger partial charge on any atom is 0.335 e. The zero-order valence-corrected chi connectivity index (χ0v) is 14.6. The van der Waals surface area contributed by atoms with E-state index in [0.29, 0.717) is 18.0 Å². The van der Waals surface area contributed by atoms with Gasteiger partial charge in [-0.3, -0.25) is 0 Å². The average molecular weight is 351 g/mol. The number of fused-ring (bicyclic) bond motifs is 3. The van der Waals surface area contributed by atoms with E-state index in [1.165, 1.54) is 0 Å². The summed E-state index contributed by atoms with van der Waals surface area (Å²) in [4.78, 5) is 11.9. The van der Waals surface area contributed by atoms with Gasteiger partial charge in [0.25, 0.3) is 0 Å². The molecule has 0 bridgehead atoms. The van der Waals surface area contributed by atoms with Gasteiger partial charge in [-0.2, -0.15) is 5.10 Å². The van der Waals surface area contributed by atoms with Crippen molar-refractivity contribution in [3.05, 3.63) is 48.2 Å². The summed E-state index contributed by atoms with van der Waals surface area (Å²) < 4.78 is 11.4. The third kappa shape index (κ3) is 3.41. The van der Waals surface area contributed by atoms with E-state index in [4.69, 9.17) is 9.15 Å². The number of nitrogens with zero attached hydrogens (tertiary/aromatic N) is 1. The van der Waals surface area contributed by atoms with Crippen molar-refractivity contribution < 1.29 is 13.9 Å². The molecule has 1 unspecified atom stereocenters. The summed E-state index contributed by atoms with van der Waals surface area (Å²) in [6.07, 6.45) is 2.14. The highest BCUT2D eigenvalue weighted by Crippen LogP contribution is 2.28. The standard InChI is InChI=1S/C20H21N3O3/c1-13(22-23-20(24)21-12-15-6-4-10-25-15)19-11-17-16-7-3-2-5-14(16)8-9-18(17)26-19/h2-3,5,7-9,11,15H,4,6,10,12H2,1H3,(H2,21,23,24)/b22-13+. The summed E-state index contributed by atoms with van der Waals surface area (Å²) in [6.45, 7) is 3.07. The predicted octanol–water partition coefficient (Wildman–Crippen LogP) is 3.79. The SMILES string of the molecule is C/C(=N\NC(=O)NCC1CCCO1)c1cc2c(ccc3ccccc32)o1. The van der Waals surface area contributed by atoms with Crippen LogP contribution >= 0.6 is 0 Å². The summed E-state index contributed by atoms with van der Waals surface area (Å²) in [5.41, 5.74) is 3.92. The number of hydrogen-bond donors (Lipinski definition) is 2. The molecule has 2 heterocycles. The Bertz CT molecular complexity index is 971. The summed E-state index contributed by atoms with van der Waals surface area (Å²) in [6, 6.07) is 13.8. The molecule has 6 nitrogen and oxygen atoms in total. The van der Waals surface area contributed by atoms with Crippen molar-refractivity contribution in [2.24, 2.45) is 5.10 Å². The van der Waals surface area contributed by atoms with Crippen molar-refractivity contribution in [2.75, 3.05) is 13.2 Å². The Morgan fingerprint density at radius 1 is 1.23 bits per heavy atom. The second-order valence-electron chi connectivity index (χ2n) is 6.46. The number of benzene rings is 2. The number of carbonyl (C=O) groups excluding carboxylic acids is 1. The van der Waals surface area contributed by atoms with Crippen molar-refractivity contribution >= 4 is 33.5 Å². The van der Waals surface area contributed by atoms with Gasteiger partial charge in [0, 0.05) is 18.5 Å². The van der Waals surface area contributed by atoms with Gasteiger partial charge in [-0.25, -0.2) is 10.2 Å². The van der Waals surface area contributed by atoms with Crippen molar-refractivity contribution in [3.8, 4) is 0 Å². The van der Waals surface area contributed by atoms with E-state index < -0.39 is 0 Å². The summed E-state index contributed by atoms with van der Waals surface area (Å²) in [5, 5.41) is 10.2. The van der Waals surface area contributed by atoms with Gasteiger partial charge >= 0.3 is 6.03 Å². The second-order valence-corrected chi connectivity index (χ2v) is 6.46. The number of carbonyl (C=O) groups is 1. The Labute approximate surface area is 151 Å². The molecule has 1 fully saturated rings. The van der Waals surface area contributed by atoms with Crippen LogP contribution in [0.5, 0.6) is 0 Å². The van der Waals surface area contributed by atoms with Crippen molar-refractivity contribution in [1.29, 1.82) is 0 Å². The van der Waals surface area contributed by atoms with Gasteiger partial charge in [0.1, 0.15) is 11.3 Å². The summed E-state index contributed by atoms with van der Waals surface area (Å²) in [7, 11) is 0. The third-order valence-corrected chi connectivity index (χ3v) is 4.62. The molecular weight excluding hydrogens is 330 g/mol. The molecule has 0 spiro atoms. The van der Waals surface area contributed by atoms with Gasteiger partial charge in [-0.15, -0.1) is 0 Å². The molecule has 0 radical (unpaired) electrons. The third-order valence-electron chi connectivity index (χ3n) is 4.62.